The first kappa shape index (κ1) is 21.1. The van der Waals surface area contributed by atoms with Crippen molar-refractivity contribution in [2.24, 2.45) is 0 Å². The van der Waals surface area contributed by atoms with E-state index in [0.717, 1.165) is 35.9 Å². The monoisotopic (exact) mass is 452 g/mol. The van der Waals surface area contributed by atoms with E-state index >= 15 is 0 Å². The average molecular weight is 453 g/mol. The zero-order chi connectivity index (χ0) is 22.3. The predicted octanol–water partition coefficient (Wildman–Crippen LogP) is 3.62. The van der Waals surface area contributed by atoms with Crippen LogP contribution < -0.4 is 4.90 Å². The Bertz CT molecular complexity index is 1120. The Kier molecular flexibility index (Phi) is 5.23. The summed E-state index contributed by atoms with van der Waals surface area (Å²) in [6, 6.07) is 8.94. The van der Waals surface area contributed by atoms with Gasteiger partial charge in [-0.2, -0.15) is 4.80 Å². The Hall–Kier alpha value is -2.81. The van der Waals surface area contributed by atoms with Crippen molar-refractivity contribution in [3.05, 3.63) is 41.6 Å². The molecule has 0 atom stereocenters. The minimum atomic E-state index is -0.541. The summed E-state index contributed by atoms with van der Waals surface area (Å²) in [4.78, 5) is 21.1. The number of thiazole rings is 1. The van der Waals surface area contributed by atoms with Crippen LogP contribution in [0.25, 0.3) is 10.7 Å². The fourth-order valence-corrected chi connectivity index (χ4v) is 5.71. The number of hydrogen-bond acceptors (Lipinski definition) is 8. The van der Waals surface area contributed by atoms with Gasteiger partial charge in [-0.1, -0.05) is 35.6 Å². The molecule has 3 aromatic rings. The lowest BCUT2D eigenvalue weighted by Crippen LogP contribution is -2.41. The topological polar surface area (TPSA) is 86.0 Å². The molecule has 0 unspecified atom stereocenters. The van der Waals surface area contributed by atoms with Gasteiger partial charge in [0, 0.05) is 13.1 Å². The summed E-state index contributed by atoms with van der Waals surface area (Å²) in [5, 5.41) is 13.4. The van der Waals surface area contributed by atoms with Gasteiger partial charge in [0.15, 0.2) is 11.7 Å². The number of rotatable bonds is 4. The molecule has 1 aliphatic carbocycles. The highest BCUT2D eigenvalue weighted by Crippen LogP contribution is 2.47. The molecule has 168 valence electrons. The first-order valence-corrected chi connectivity index (χ1v) is 11.9. The van der Waals surface area contributed by atoms with Crippen molar-refractivity contribution >= 4 is 22.4 Å². The number of carbonyl (C=O) groups is 1. The van der Waals surface area contributed by atoms with E-state index in [9.17, 15) is 4.79 Å². The van der Waals surface area contributed by atoms with Crippen LogP contribution in [0.1, 0.15) is 51.2 Å². The van der Waals surface area contributed by atoms with E-state index in [2.05, 4.69) is 49.6 Å². The smallest absolute Gasteiger partial charge is 0.330 e. The van der Waals surface area contributed by atoms with Gasteiger partial charge in [0.25, 0.3) is 0 Å². The van der Waals surface area contributed by atoms with Gasteiger partial charge in [0.2, 0.25) is 5.82 Å². The number of carbonyl (C=O) groups excluding carboxylic acids is 1. The number of ether oxygens (including phenoxy) is 1. The first-order valence-electron chi connectivity index (χ1n) is 11.1. The molecule has 1 aliphatic heterocycles. The number of tetrazole rings is 1. The number of benzene rings is 1. The van der Waals surface area contributed by atoms with Crippen molar-refractivity contribution in [1.29, 1.82) is 0 Å². The van der Waals surface area contributed by atoms with Crippen molar-refractivity contribution in [2.75, 3.05) is 18.0 Å². The molecular weight excluding hydrogens is 424 g/mol. The maximum atomic E-state index is 12.0. The molecule has 32 heavy (non-hydrogen) atoms. The van der Waals surface area contributed by atoms with E-state index in [1.54, 1.807) is 23.1 Å². The molecule has 1 spiro atoms. The standard InChI is InChI=1S/C23H28N6O2S/c1-22(2,3)31-19(30)15-29-26-20(25-27-29)18-14-24-21(32-18)28-12-10-23(11-13-28)9-8-16-6-4-5-7-17(16)23/h4-7,14H,8-13,15H2,1-3H3. The van der Waals surface area contributed by atoms with Crippen molar-refractivity contribution in [3.63, 3.8) is 0 Å². The zero-order valence-corrected chi connectivity index (χ0v) is 19.6. The number of hydrogen-bond donors (Lipinski definition) is 0. The molecular formula is C23H28N6O2S. The van der Waals surface area contributed by atoms with Crippen molar-refractivity contribution < 1.29 is 9.53 Å². The largest absolute Gasteiger partial charge is 0.459 e. The van der Waals surface area contributed by atoms with Gasteiger partial charge < -0.3 is 9.64 Å². The van der Waals surface area contributed by atoms with Crippen LogP contribution in [0.3, 0.4) is 0 Å². The lowest BCUT2D eigenvalue weighted by Gasteiger charge is -2.40. The number of piperidine rings is 1. The van der Waals surface area contributed by atoms with Gasteiger partial charge in [-0.25, -0.2) is 9.78 Å². The molecule has 0 amide bonds. The Morgan fingerprint density at radius 2 is 1.97 bits per heavy atom. The van der Waals surface area contributed by atoms with E-state index in [0.29, 0.717) is 11.2 Å². The Morgan fingerprint density at radius 3 is 2.75 bits per heavy atom. The molecule has 0 N–H and O–H groups in total. The van der Waals surface area contributed by atoms with E-state index < -0.39 is 5.60 Å². The minimum absolute atomic E-state index is 0.0639. The number of aryl methyl sites for hydroxylation is 1. The molecule has 9 heteroatoms. The van der Waals surface area contributed by atoms with E-state index in [-0.39, 0.29) is 12.5 Å². The molecule has 3 heterocycles. The fraction of sp³-hybridized carbons (Fsp3) is 0.522. The van der Waals surface area contributed by atoms with Crippen molar-refractivity contribution in [2.45, 2.75) is 64.0 Å². The SMILES string of the molecule is CC(C)(C)OC(=O)Cn1nnc(-c2cnc(N3CCC4(CCc5ccccc54)CC3)s2)n1. The van der Waals surface area contributed by atoms with Gasteiger partial charge in [-0.15, -0.1) is 10.2 Å². The molecule has 5 rings (SSSR count). The number of esters is 1. The van der Waals surface area contributed by atoms with Gasteiger partial charge in [-0.05, 0) is 68.2 Å². The highest BCUT2D eigenvalue weighted by atomic mass is 32.1. The van der Waals surface area contributed by atoms with Crippen LogP contribution in [0.2, 0.25) is 0 Å². The van der Waals surface area contributed by atoms with Crippen LogP contribution in [0.4, 0.5) is 5.13 Å². The van der Waals surface area contributed by atoms with Gasteiger partial charge in [0.1, 0.15) is 5.60 Å². The third-order valence-electron chi connectivity index (χ3n) is 6.31. The molecule has 1 fully saturated rings. The highest BCUT2D eigenvalue weighted by Gasteiger charge is 2.41. The summed E-state index contributed by atoms with van der Waals surface area (Å²) in [5.74, 6) is 0.0951. The molecule has 1 saturated heterocycles. The molecule has 0 bridgehead atoms. The van der Waals surface area contributed by atoms with Crippen LogP contribution in [0.5, 0.6) is 0 Å². The number of aromatic nitrogens is 5. The molecule has 1 aromatic carbocycles. The Labute approximate surface area is 191 Å². The summed E-state index contributed by atoms with van der Waals surface area (Å²) in [6.45, 7) is 7.43. The summed E-state index contributed by atoms with van der Waals surface area (Å²) in [7, 11) is 0. The third kappa shape index (κ3) is 4.13. The maximum Gasteiger partial charge on any atom is 0.330 e. The number of nitrogens with zero attached hydrogens (tertiary/aromatic N) is 6. The second-order valence-electron chi connectivity index (χ2n) is 9.66. The van der Waals surface area contributed by atoms with Crippen LogP contribution in [0, 0.1) is 0 Å². The molecule has 0 saturated carbocycles. The third-order valence-corrected chi connectivity index (χ3v) is 7.36. The van der Waals surface area contributed by atoms with Crippen LogP contribution >= 0.6 is 11.3 Å². The predicted molar refractivity (Wildman–Crippen MR) is 123 cm³/mol. The summed E-state index contributed by atoms with van der Waals surface area (Å²) in [6.07, 6.45) is 6.56. The molecule has 0 radical (unpaired) electrons. The van der Waals surface area contributed by atoms with E-state index in [1.165, 1.54) is 23.2 Å². The van der Waals surface area contributed by atoms with Crippen LogP contribution in [0.15, 0.2) is 30.5 Å². The average Bonchev–Trinajstić information content (AvgIpc) is 3.47. The first-order chi connectivity index (χ1) is 15.3. The van der Waals surface area contributed by atoms with Crippen molar-refractivity contribution in [3.8, 4) is 10.7 Å². The molecule has 2 aromatic heterocycles. The second kappa shape index (κ2) is 7.95. The van der Waals surface area contributed by atoms with E-state index in [1.807, 2.05) is 20.8 Å². The highest BCUT2D eigenvalue weighted by molar-refractivity contribution is 7.18. The summed E-state index contributed by atoms with van der Waals surface area (Å²) >= 11 is 1.57. The Morgan fingerprint density at radius 1 is 1.19 bits per heavy atom. The lowest BCUT2D eigenvalue weighted by molar-refractivity contribution is -0.156. The van der Waals surface area contributed by atoms with Gasteiger partial charge >= 0.3 is 5.97 Å². The summed E-state index contributed by atoms with van der Waals surface area (Å²) < 4.78 is 5.32. The minimum Gasteiger partial charge on any atom is -0.459 e. The maximum absolute atomic E-state index is 12.0. The number of fused-ring (bicyclic) bond motifs is 2. The zero-order valence-electron chi connectivity index (χ0n) is 18.7. The van der Waals surface area contributed by atoms with Crippen LogP contribution in [-0.4, -0.2) is 49.9 Å². The Balaban J connectivity index is 1.23. The van der Waals surface area contributed by atoms with E-state index in [4.69, 9.17) is 4.74 Å². The lowest BCUT2D eigenvalue weighted by atomic mass is 9.74. The van der Waals surface area contributed by atoms with Crippen molar-refractivity contribution in [1.82, 2.24) is 25.2 Å². The van der Waals surface area contributed by atoms with Crippen LogP contribution in [-0.2, 0) is 27.9 Å². The number of anilines is 1. The quantitative estimate of drug-likeness (QED) is 0.559. The second-order valence-corrected chi connectivity index (χ2v) is 10.7. The van der Waals surface area contributed by atoms with Gasteiger partial charge in [-0.3, -0.25) is 0 Å². The van der Waals surface area contributed by atoms with Gasteiger partial charge in [0.05, 0.1) is 11.1 Å². The normalized spacial score (nSPS) is 17.5. The summed E-state index contributed by atoms with van der Waals surface area (Å²) in [5.41, 5.74) is 2.88. The molecule has 2 aliphatic rings. The molecule has 8 nitrogen and oxygen atoms in total. The fourth-order valence-electron chi connectivity index (χ4n) is 4.82.